The van der Waals surface area contributed by atoms with E-state index in [2.05, 4.69) is 41.4 Å². The molecule has 1 N–H and O–H groups in total. The number of piperidine rings is 1. The molecule has 2 fully saturated rings. The molecule has 2 unspecified atom stereocenters. The summed E-state index contributed by atoms with van der Waals surface area (Å²) in [6, 6.07) is 9.12. The Morgan fingerprint density at radius 2 is 2.25 bits per heavy atom. The number of nitrogens with one attached hydrogen (secondary N) is 1. The average Bonchev–Trinajstić information content (AvgIpc) is 3.17. The highest BCUT2D eigenvalue weighted by molar-refractivity contribution is 5.93. The van der Waals surface area contributed by atoms with Crippen molar-refractivity contribution in [1.82, 2.24) is 4.90 Å². The van der Waals surface area contributed by atoms with E-state index in [0.29, 0.717) is 17.9 Å². The third-order valence-electron chi connectivity index (χ3n) is 7.00. The van der Waals surface area contributed by atoms with E-state index in [1.165, 1.54) is 18.4 Å². The highest BCUT2D eigenvalue weighted by atomic mass is 16.5. The van der Waals surface area contributed by atoms with Gasteiger partial charge >= 0.3 is 5.97 Å². The van der Waals surface area contributed by atoms with Crippen LogP contribution in [-0.4, -0.2) is 37.1 Å². The predicted octanol–water partition coefficient (Wildman–Crippen LogP) is 2.91. The number of anilines is 1. The number of benzene rings is 1. The molecule has 1 aliphatic carbocycles. The van der Waals surface area contributed by atoms with Crippen LogP contribution >= 0.6 is 0 Å². The van der Waals surface area contributed by atoms with E-state index in [-0.39, 0.29) is 11.4 Å². The second-order valence-corrected chi connectivity index (χ2v) is 7.69. The van der Waals surface area contributed by atoms with Gasteiger partial charge in [0.25, 0.3) is 0 Å². The van der Waals surface area contributed by atoms with Gasteiger partial charge in [0.2, 0.25) is 0 Å². The number of rotatable bonds is 2. The quantitative estimate of drug-likeness (QED) is 0.850. The minimum absolute atomic E-state index is 0.0324. The third-order valence-corrected chi connectivity index (χ3v) is 7.00. The number of nitrogens with zero attached hydrogens (tertiary/aromatic N) is 1. The minimum Gasteiger partial charge on any atom is -0.466 e. The summed E-state index contributed by atoms with van der Waals surface area (Å²) < 4.78 is 5.23. The molecule has 126 valence electrons. The molecule has 0 amide bonds. The summed E-state index contributed by atoms with van der Waals surface area (Å²) in [7, 11) is 1.52. The van der Waals surface area contributed by atoms with E-state index in [0.717, 1.165) is 43.6 Å². The topological polar surface area (TPSA) is 41.6 Å². The molecule has 2 saturated heterocycles. The fourth-order valence-electron chi connectivity index (χ4n) is 5.98. The van der Waals surface area contributed by atoms with Gasteiger partial charge in [-0.2, -0.15) is 0 Å². The van der Waals surface area contributed by atoms with Crippen molar-refractivity contribution in [2.24, 2.45) is 11.8 Å². The zero-order chi connectivity index (χ0) is 16.5. The fraction of sp³-hybridized carbons (Fsp3) is 0.550. The Balaban J connectivity index is 1.79. The van der Waals surface area contributed by atoms with Gasteiger partial charge in [0.15, 0.2) is 0 Å². The van der Waals surface area contributed by atoms with Gasteiger partial charge in [-0.15, -0.1) is 0 Å². The van der Waals surface area contributed by atoms with Crippen LogP contribution in [0.15, 0.2) is 35.5 Å². The Bertz CT molecular complexity index is 756. The fourth-order valence-corrected chi connectivity index (χ4v) is 5.98. The lowest BCUT2D eigenvalue weighted by molar-refractivity contribution is -0.137. The van der Waals surface area contributed by atoms with Crippen LogP contribution in [0, 0.1) is 11.8 Å². The smallest absolute Gasteiger partial charge is 0.335 e. The van der Waals surface area contributed by atoms with Gasteiger partial charge in [-0.3, -0.25) is 4.90 Å². The second-order valence-electron chi connectivity index (χ2n) is 7.69. The molecule has 0 saturated carbocycles. The average molecular weight is 324 g/mol. The summed E-state index contributed by atoms with van der Waals surface area (Å²) >= 11 is 0. The molecular formula is C20H24N2O2. The maximum atomic E-state index is 12.8. The van der Waals surface area contributed by atoms with E-state index in [1.54, 1.807) is 0 Å². The van der Waals surface area contributed by atoms with Crippen LogP contribution in [0.25, 0.3) is 0 Å². The van der Waals surface area contributed by atoms with Crippen molar-refractivity contribution in [3.63, 3.8) is 0 Å². The molecule has 4 atom stereocenters. The van der Waals surface area contributed by atoms with Gasteiger partial charge in [-0.05, 0) is 42.9 Å². The summed E-state index contributed by atoms with van der Waals surface area (Å²) in [5.41, 5.74) is 4.60. The molecule has 3 aliphatic heterocycles. The molecule has 4 heteroatoms. The summed E-state index contributed by atoms with van der Waals surface area (Å²) in [5, 5.41) is 3.65. The molecule has 1 aromatic carbocycles. The number of hydrogen-bond donors (Lipinski definition) is 1. The Hall–Kier alpha value is -1.81. The number of methoxy groups -OCH3 is 1. The Morgan fingerprint density at radius 3 is 3.04 bits per heavy atom. The number of carbonyl (C=O) groups excluding carboxylic acids is 1. The van der Waals surface area contributed by atoms with Crippen LogP contribution in [-0.2, 0) is 14.9 Å². The van der Waals surface area contributed by atoms with Crippen molar-refractivity contribution in [2.45, 2.75) is 37.6 Å². The molecule has 0 aromatic heterocycles. The second kappa shape index (κ2) is 4.85. The zero-order valence-corrected chi connectivity index (χ0v) is 14.3. The van der Waals surface area contributed by atoms with Crippen molar-refractivity contribution in [3.05, 3.63) is 41.1 Å². The largest absolute Gasteiger partial charge is 0.466 e. The van der Waals surface area contributed by atoms with E-state index >= 15 is 0 Å². The van der Waals surface area contributed by atoms with Crippen LogP contribution in [0.3, 0.4) is 0 Å². The first-order valence-corrected chi connectivity index (χ1v) is 9.14. The molecule has 2 bridgehead atoms. The van der Waals surface area contributed by atoms with Crippen LogP contribution in [0.4, 0.5) is 5.69 Å². The lowest BCUT2D eigenvalue weighted by Gasteiger charge is -2.50. The highest BCUT2D eigenvalue weighted by Gasteiger charge is 2.62. The summed E-state index contributed by atoms with van der Waals surface area (Å²) in [4.78, 5) is 15.4. The highest BCUT2D eigenvalue weighted by Crippen LogP contribution is 2.61. The lowest BCUT2D eigenvalue weighted by Crippen LogP contribution is -2.55. The first kappa shape index (κ1) is 14.5. The maximum Gasteiger partial charge on any atom is 0.335 e. The number of fused-ring (bicyclic) bond motifs is 2. The normalized spacial score (nSPS) is 36.2. The van der Waals surface area contributed by atoms with Gasteiger partial charge in [-0.1, -0.05) is 31.5 Å². The van der Waals surface area contributed by atoms with Crippen molar-refractivity contribution < 1.29 is 9.53 Å². The van der Waals surface area contributed by atoms with Gasteiger partial charge in [0.1, 0.15) is 0 Å². The predicted molar refractivity (Wildman–Crippen MR) is 92.7 cm³/mol. The van der Waals surface area contributed by atoms with E-state index in [1.807, 2.05) is 0 Å². The number of hydrogen-bond acceptors (Lipinski definition) is 4. The van der Waals surface area contributed by atoms with Crippen LogP contribution < -0.4 is 5.32 Å². The summed E-state index contributed by atoms with van der Waals surface area (Å²) in [6.45, 7) is 4.49. The van der Waals surface area contributed by atoms with Crippen molar-refractivity contribution in [2.75, 3.05) is 25.5 Å². The third kappa shape index (κ3) is 1.55. The molecule has 1 spiro atoms. The van der Waals surface area contributed by atoms with Crippen molar-refractivity contribution in [1.29, 1.82) is 0 Å². The summed E-state index contributed by atoms with van der Waals surface area (Å²) in [6.07, 6.45) is 3.30. The molecule has 4 aliphatic rings. The number of ether oxygens (including phenoxy) is 1. The van der Waals surface area contributed by atoms with Crippen molar-refractivity contribution >= 4 is 11.7 Å². The zero-order valence-electron chi connectivity index (χ0n) is 14.3. The van der Waals surface area contributed by atoms with E-state index in [9.17, 15) is 4.79 Å². The minimum atomic E-state index is -0.132. The van der Waals surface area contributed by atoms with Gasteiger partial charge < -0.3 is 10.1 Å². The van der Waals surface area contributed by atoms with E-state index in [4.69, 9.17) is 4.74 Å². The Labute approximate surface area is 142 Å². The van der Waals surface area contributed by atoms with Gasteiger partial charge in [0.05, 0.1) is 18.1 Å². The molecule has 4 nitrogen and oxygen atoms in total. The van der Waals surface area contributed by atoms with Gasteiger partial charge in [0, 0.05) is 24.0 Å². The van der Waals surface area contributed by atoms with Crippen LogP contribution in [0.2, 0.25) is 0 Å². The number of para-hydroxylation sites is 1. The van der Waals surface area contributed by atoms with Crippen molar-refractivity contribution in [3.8, 4) is 0 Å². The molecule has 5 rings (SSSR count). The lowest BCUT2D eigenvalue weighted by atomic mass is 9.60. The van der Waals surface area contributed by atoms with E-state index < -0.39 is 0 Å². The Morgan fingerprint density at radius 1 is 1.42 bits per heavy atom. The monoisotopic (exact) mass is 324 g/mol. The Kier molecular flexibility index (Phi) is 2.94. The number of carbonyl (C=O) groups is 1. The molecular weight excluding hydrogens is 300 g/mol. The van der Waals surface area contributed by atoms with Crippen LogP contribution in [0.1, 0.15) is 31.7 Å². The van der Waals surface area contributed by atoms with Gasteiger partial charge in [-0.25, -0.2) is 4.79 Å². The number of esters is 1. The van der Waals surface area contributed by atoms with Crippen LogP contribution in [0.5, 0.6) is 0 Å². The standard InChI is InChI=1S/C20H24N2O2/c1-3-12-11-22-9-8-20-14-6-4-5-7-15(14)21-18(20)17(19(23)24-2)13(12)10-16(20)22/h4-7,12-13,16,21H,3,8-11H2,1-2H3/t12?,13?,16-,20+/m0/s1. The maximum absolute atomic E-state index is 12.8. The molecule has 3 heterocycles. The SMILES string of the molecule is CCC1CN2CC[C@]34C(=C(C(=O)OC)C1C[C@H]23)Nc1ccccc14. The molecule has 24 heavy (non-hydrogen) atoms. The molecule has 0 radical (unpaired) electrons. The molecule has 1 aromatic rings. The first-order valence-electron chi connectivity index (χ1n) is 9.14. The first-order chi connectivity index (χ1) is 11.7. The summed E-state index contributed by atoms with van der Waals surface area (Å²) in [5.74, 6) is 0.739.